The first-order valence-corrected chi connectivity index (χ1v) is 3.51. The lowest BCUT2D eigenvalue weighted by atomic mass is 10.2. The molecule has 0 atom stereocenters. The van der Waals surface area contributed by atoms with Gasteiger partial charge in [0.2, 0.25) is 0 Å². The highest BCUT2D eigenvalue weighted by atomic mass is 35.5. The molecule has 13 heavy (non-hydrogen) atoms. The van der Waals surface area contributed by atoms with Crippen molar-refractivity contribution in [2.75, 3.05) is 0 Å². The molecule has 0 saturated heterocycles. The van der Waals surface area contributed by atoms with Crippen molar-refractivity contribution < 1.29 is 22.7 Å². The summed E-state index contributed by atoms with van der Waals surface area (Å²) in [6.45, 7) is 0. The van der Waals surface area contributed by atoms with Crippen LogP contribution < -0.4 is 17.6 Å². The molecule has 0 spiro atoms. The number of aromatic nitrogens is 1. The Hall–Kier alpha value is -1.55. The summed E-state index contributed by atoms with van der Waals surface area (Å²) in [6.07, 6.45) is 0. The molecule has 0 aliphatic heterocycles. The first kappa shape index (κ1) is 9.54. The van der Waals surface area contributed by atoms with Crippen LogP contribution in [0, 0.1) is 4.91 Å². The molecule has 2 rings (SSSR count). The fraction of sp³-hybridized carbons (Fsp3) is 0. The normalized spacial score (nSPS) is 9.54. The molecule has 2 aromatic rings. The van der Waals surface area contributed by atoms with E-state index in [9.17, 15) is 10.0 Å². The fourth-order valence-corrected chi connectivity index (χ4v) is 1.24. The van der Waals surface area contributed by atoms with Crippen molar-refractivity contribution in [3.05, 3.63) is 29.2 Å². The second-order valence-corrected chi connectivity index (χ2v) is 2.50. The third kappa shape index (κ3) is 1.36. The minimum Gasteiger partial charge on any atom is -1.00 e. The van der Waals surface area contributed by atoms with E-state index in [2.05, 4.69) is 4.98 Å². The summed E-state index contributed by atoms with van der Waals surface area (Å²) < 4.78 is 0. The van der Waals surface area contributed by atoms with Crippen molar-refractivity contribution >= 4 is 16.6 Å². The van der Waals surface area contributed by atoms with Crippen LogP contribution in [0.3, 0.4) is 0 Å². The van der Waals surface area contributed by atoms with E-state index >= 15 is 0 Å². The SMILES string of the molecule is O=[NH+]c1[nH]c(O)c2ccccc12.[Cl-]. The first-order chi connectivity index (χ1) is 5.83. The van der Waals surface area contributed by atoms with Crippen molar-refractivity contribution in [3.63, 3.8) is 0 Å². The highest BCUT2D eigenvalue weighted by molar-refractivity contribution is 5.94. The van der Waals surface area contributed by atoms with Gasteiger partial charge in [0.1, 0.15) is 0 Å². The summed E-state index contributed by atoms with van der Waals surface area (Å²) in [5, 5.41) is 12.4. The number of hydrogen-bond acceptors (Lipinski definition) is 2. The predicted molar refractivity (Wildman–Crippen MR) is 44.0 cm³/mol. The van der Waals surface area contributed by atoms with Gasteiger partial charge in [0.15, 0.2) is 0 Å². The molecule has 0 saturated carbocycles. The van der Waals surface area contributed by atoms with Crippen LogP contribution in [-0.2, 0) is 0 Å². The maximum atomic E-state index is 10.4. The summed E-state index contributed by atoms with van der Waals surface area (Å²) in [4.78, 5) is 12.9. The molecule has 3 N–H and O–H groups in total. The van der Waals surface area contributed by atoms with Gasteiger partial charge in [-0.25, -0.2) is 4.98 Å². The van der Waals surface area contributed by atoms with Crippen molar-refractivity contribution in [2.24, 2.45) is 0 Å². The van der Waals surface area contributed by atoms with Gasteiger partial charge in [-0.15, -0.1) is 0 Å². The van der Waals surface area contributed by atoms with Gasteiger partial charge in [-0.1, -0.05) is 17.0 Å². The van der Waals surface area contributed by atoms with Crippen LogP contribution in [0.5, 0.6) is 5.88 Å². The molecule has 0 radical (unpaired) electrons. The lowest BCUT2D eigenvalue weighted by Crippen LogP contribution is -3.00. The largest absolute Gasteiger partial charge is 1.00 e. The molecule has 0 unspecified atom stereocenters. The molecule has 1 aromatic carbocycles. The van der Waals surface area contributed by atoms with Crippen LogP contribution in [0.2, 0.25) is 0 Å². The number of hydrogen-bond donors (Lipinski definition) is 3. The minimum absolute atomic E-state index is 0. The third-order valence-electron chi connectivity index (χ3n) is 1.80. The average molecular weight is 199 g/mol. The molecule has 4 nitrogen and oxygen atoms in total. The smallest absolute Gasteiger partial charge is 0.326 e. The summed E-state index contributed by atoms with van der Waals surface area (Å²) in [6, 6.07) is 7.09. The standard InChI is InChI=1S/C8H6N2O2.ClH/c11-8-6-4-2-1-3-5(6)7(9-8)10-12;/h1-4,9,11H;1H. The second kappa shape index (κ2) is 3.45. The highest BCUT2D eigenvalue weighted by Crippen LogP contribution is 2.27. The summed E-state index contributed by atoms with van der Waals surface area (Å²) >= 11 is 0. The minimum atomic E-state index is 0. The number of halogens is 1. The number of nitrogens with one attached hydrogen (secondary N) is 2. The first-order valence-electron chi connectivity index (χ1n) is 3.51. The maximum absolute atomic E-state index is 10.4. The van der Waals surface area contributed by atoms with E-state index in [-0.39, 0.29) is 18.3 Å². The highest BCUT2D eigenvalue weighted by Gasteiger charge is 2.14. The Bertz CT molecular complexity index is 439. The molecular weight excluding hydrogens is 192 g/mol. The van der Waals surface area contributed by atoms with E-state index in [0.29, 0.717) is 16.6 Å². The van der Waals surface area contributed by atoms with E-state index in [4.69, 9.17) is 0 Å². The molecule has 0 bridgehead atoms. The van der Waals surface area contributed by atoms with Crippen LogP contribution in [0.1, 0.15) is 0 Å². The molecule has 68 valence electrons. The van der Waals surface area contributed by atoms with Gasteiger partial charge >= 0.3 is 5.82 Å². The molecule has 0 fully saturated rings. The Kier molecular flexibility index (Phi) is 2.53. The fourth-order valence-electron chi connectivity index (χ4n) is 1.24. The molecule has 0 aliphatic carbocycles. The third-order valence-corrected chi connectivity index (χ3v) is 1.80. The Balaban J connectivity index is 0.000000845. The van der Waals surface area contributed by atoms with Gasteiger partial charge in [0.05, 0.1) is 10.8 Å². The maximum Gasteiger partial charge on any atom is 0.326 e. The Morgan fingerprint density at radius 3 is 2.46 bits per heavy atom. The number of H-pyrrole nitrogens is 1. The van der Waals surface area contributed by atoms with Gasteiger partial charge in [-0.2, -0.15) is 0 Å². The number of nitroso groups, excluding NO2 is 1. The lowest BCUT2D eigenvalue weighted by Gasteiger charge is -1.83. The van der Waals surface area contributed by atoms with Gasteiger partial charge in [-0.05, 0) is 17.3 Å². The van der Waals surface area contributed by atoms with Crippen LogP contribution in [-0.4, -0.2) is 10.1 Å². The van der Waals surface area contributed by atoms with Crippen LogP contribution in [0.4, 0.5) is 5.82 Å². The molecule has 0 aliphatic rings. The van der Waals surface area contributed by atoms with Gasteiger partial charge in [0, 0.05) is 0 Å². The molecule has 0 amide bonds. The van der Waals surface area contributed by atoms with E-state index in [1.165, 1.54) is 0 Å². The van der Waals surface area contributed by atoms with Gasteiger partial charge < -0.3 is 17.5 Å². The van der Waals surface area contributed by atoms with Gasteiger partial charge in [0.25, 0.3) is 5.88 Å². The zero-order chi connectivity index (χ0) is 8.55. The topological polar surface area (TPSA) is 67.1 Å². The van der Waals surface area contributed by atoms with E-state index in [0.717, 1.165) is 0 Å². The second-order valence-electron chi connectivity index (χ2n) is 2.50. The van der Waals surface area contributed by atoms with E-state index < -0.39 is 0 Å². The Labute approximate surface area is 80.0 Å². The number of aromatic amines is 1. The van der Waals surface area contributed by atoms with Gasteiger partial charge in [-0.3, -0.25) is 0 Å². The molecule has 1 heterocycles. The Morgan fingerprint density at radius 2 is 1.85 bits per heavy atom. The zero-order valence-electron chi connectivity index (χ0n) is 6.54. The average Bonchev–Trinajstić information content (AvgIpc) is 2.44. The van der Waals surface area contributed by atoms with E-state index in [1.54, 1.807) is 29.4 Å². The Morgan fingerprint density at radius 1 is 1.23 bits per heavy atom. The molecule has 5 heteroatoms. The summed E-state index contributed by atoms with van der Waals surface area (Å²) in [5.41, 5.74) is 0. The molecular formula is C8H7ClN2O2. The molecule has 1 aromatic heterocycles. The van der Waals surface area contributed by atoms with Crippen molar-refractivity contribution in [3.8, 4) is 5.88 Å². The van der Waals surface area contributed by atoms with E-state index in [1.807, 2.05) is 0 Å². The van der Waals surface area contributed by atoms with Crippen LogP contribution >= 0.6 is 0 Å². The summed E-state index contributed by atoms with van der Waals surface area (Å²) in [7, 11) is 0. The van der Waals surface area contributed by atoms with Crippen molar-refractivity contribution in [1.29, 1.82) is 0 Å². The predicted octanol–water partition coefficient (Wildman–Crippen LogP) is -2.64. The number of aromatic hydroxyl groups is 1. The number of benzene rings is 1. The summed E-state index contributed by atoms with van der Waals surface area (Å²) in [5.74, 6) is 0.312. The quantitative estimate of drug-likeness (QED) is 0.469. The zero-order valence-corrected chi connectivity index (χ0v) is 7.30. The monoisotopic (exact) mass is 198 g/mol. The van der Waals surface area contributed by atoms with Crippen molar-refractivity contribution in [2.45, 2.75) is 0 Å². The van der Waals surface area contributed by atoms with Crippen molar-refractivity contribution in [1.82, 2.24) is 4.98 Å². The van der Waals surface area contributed by atoms with Crippen LogP contribution in [0.15, 0.2) is 24.3 Å². The van der Waals surface area contributed by atoms with Crippen LogP contribution in [0.25, 0.3) is 10.8 Å². The lowest BCUT2D eigenvalue weighted by molar-refractivity contribution is -0.382. The number of fused-ring (bicyclic) bond motifs is 1. The number of rotatable bonds is 1.